The molecule has 0 radical (unpaired) electrons. The second-order valence-electron chi connectivity index (χ2n) is 30.1. The quantitative estimate of drug-likeness (QED) is 0.0126. The van der Waals surface area contributed by atoms with Crippen LogP contribution in [0.1, 0.15) is 108 Å². The van der Waals surface area contributed by atoms with Crippen molar-refractivity contribution in [1.82, 2.24) is 84.4 Å². The van der Waals surface area contributed by atoms with Crippen LogP contribution in [0.5, 0.6) is 5.75 Å². The average molecular weight is 1780 g/mol. The van der Waals surface area contributed by atoms with Gasteiger partial charge in [0.15, 0.2) is 0 Å². The molecule has 4 aromatic carbocycles. The number of fused-ring (bicyclic) bond motifs is 2. The van der Waals surface area contributed by atoms with E-state index in [0.29, 0.717) is 63.4 Å². The highest BCUT2D eigenvalue weighted by atomic mass is 32.1. The van der Waals surface area contributed by atoms with E-state index in [1.54, 1.807) is 85.1 Å². The monoisotopic (exact) mass is 1770 g/mol. The number of hydrogen-bond acceptors (Lipinski definition) is 23. The molecule has 0 bridgehead atoms. The molecule has 28 N–H and O–H groups in total. The summed E-state index contributed by atoms with van der Waals surface area (Å²) in [6.07, 6.45) is -1.81. The Morgan fingerprint density at radius 3 is 1.27 bits per heavy atom. The van der Waals surface area contributed by atoms with Crippen molar-refractivity contribution >= 4 is 153 Å². The van der Waals surface area contributed by atoms with Crippen LogP contribution in [0, 0.1) is 5.92 Å². The van der Waals surface area contributed by atoms with E-state index in [1.807, 2.05) is 0 Å². The number of nitrogens with one attached hydrogen (secondary N) is 16. The van der Waals surface area contributed by atoms with E-state index in [1.165, 1.54) is 44.3 Å². The summed E-state index contributed by atoms with van der Waals surface area (Å²) < 4.78 is 0. The normalized spacial score (nSPS) is 14.2. The SMILES string of the molecule is CC(=O)N[C@@H](CS)C(=O)N[C@@H](CCC(N)=O)C(=O)N[C@H](C(=O)N[C@@H](Cc1c[nH]c2ccccc12)C(=O)N[C@@H](CCC(N)=O)C(=O)N[C@@H](CS)C(=O)N[C@@H](Cc1ccc(O)cc1)C(=O)N[C@@H](Cc1c[nH]c2ccccc12)C(=O)N[C@H](CC(N)=O)C(=O)N[C@H](C(=O)N[C@@H](Cc1ccccc1)C(=O)NCC(=O)NCCC(=O)N[C@H](CCCCN)C(N)=O)C(C)C)[C@@H](C)O. The first-order chi connectivity index (χ1) is 59.4. The summed E-state index contributed by atoms with van der Waals surface area (Å²) in [6.45, 7) is 4.86. The number of aromatic amines is 2. The first-order valence-electron chi connectivity index (χ1n) is 40.2. The number of rotatable bonds is 53. The van der Waals surface area contributed by atoms with Crippen molar-refractivity contribution in [2.45, 2.75) is 190 Å². The molecule has 2 aromatic heterocycles. The number of aliphatic hydroxyl groups excluding tert-OH is 1. The number of nitrogens with two attached hydrogens (primary N) is 5. The summed E-state index contributed by atoms with van der Waals surface area (Å²) in [6, 6.07) is 8.08. The predicted octanol–water partition coefficient (Wildman–Crippen LogP) is -5.00. The number of benzene rings is 4. The number of carbonyl (C=O) groups is 18. The third kappa shape index (κ3) is 33.2. The number of unbranched alkanes of at least 4 members (excludes halogenated alkanes) is 1. The predicted molar refractivity (Wildman–Crippen MR) is 462 cm³/mol. The average Bonchev–Trinajstić information content (AvgIpc) is 1.31. The number of hydrogen-bond donors (Lipinski definition) is 25. The van der Waals surface area contributed by atoms with E-state index in [9.17, 15) is 86.9 Å². The van der Waals surface area contributed by atoms with Gasteiger partial charge < -0.3 is 123 Å². The molecule has 0 fully saturated rings. The fraction of sp³-hybridized carbons (Fsp3) is 0.439. The van der Waals surface area contributed by atoms with Gasteiger partial charge in [-0.2, -0.15) is 25.3 Å². The first kappa shape index (κ1) is 101. The number of H-pyrrole nitrogens is 2. The van der Waals surface area contributed by atoms with E-state index in [2.05, 4.69) is 110 Å². The summed E-state index contributed by atoms with van der Waals surface area (Å²) in [5.41, 5.74) is 30.5. The van der Waals surface area contributed by atoms with Crippen LogP contribution in [0.15, 0.2) is 116 Å². The molecule has 0 spiro atoms. The van der Waals surface area contributed by atoms with Crippen molar-refractivity contribution in [1.29, 1.82) is 0 Å². The second-order valence-corrected chi connectivity index (χ2v) is 30.8. The molecule has 18 amide bonds. The van der Waals surface area contributed by atoms with Crippen LogP contribution in [-0.2, 0) is 112 Å². The minimum Gasteiger partial charge on any atom is -0.508 e. The number of primary amides is 4. The fourth-order valence-corrected chi connectivity index (χ4v) is 13.6. The molecule has 0 saturated heterocycles. The third-order valence-electron chi connectivity index (χ3n) is 19.8. The van der Waals surface area contributed by atoms with Gasteiger partial charge in [0.1, 0.15) is 78.3 Å². The summed E-state index contributed by atoms with van der Waals surface area (Å²) in [4.78, 5) is 253. The van der Waals surface area contributed by atoms with Crippen LogP contribution in [0.3, 0.4) is 0 Å². The van der Waals surface area contributed by atoms with Crippen LogP contribution in [0.4, 0.5) is 0 Å². The Hall–Kier alpha value is -13.2. The molecule has 6 aromatic rings. The van der Waals surface area contributed by atoms with Crippen molar-refractivity contribution in [3.05, 3.63) is 138 Å². The van der Waals surface area contributed by atoms with Gasteiger partial charge in [0, 0.05) is 104 Å². The number of phenolic OH excluding ortho intramolecular Hbond substituents is 1. The fourth-order valence-electron chi connectivity index (χ4n) is 13.1. The minimum atomic E-state index is -1.93. The Balaban J connectivity index is 1.25. The molecule has 0 aliphatic carbocycles. The Labute approximate surface area is 729 Å². The van der Waals surface area contributed by atoms with Crippen molar-refractivity contribution in [2.24, 2.45) is 34.6 Å². The Morgan fingerprint density at radius 2 is 0.800 bits per heavy atom. The Morgan fingerprint density at radius 1 is 0.392 bits per heavy atom. The minimum absolute atomic E-state index is 0.146. The summed E-state index contributed by atoms with van der Waals surface area (Å²) in [7, 11) is 0. The van der Waals surface area contributed by atoms with Crippen LogP contribution in [-0.4, -0.2) is 236 Å². The molecule has 125 heavy (non-hydrogen) atoms. The molecule has 0 aliphatic heterocycles. The van der Waals surface area contributed by atoms with Gasteiger partial charge in [-0.3, -0.25) is 86.3 Å². The molecular weight excluding hydrogens is 1660 g/mol. The van der Waals surface area contributed by atoms with E-state index in [-0.39, 0.29) is 50.2 Å². The molecule has 676 valence electrons. The van der Waals surface area contributed by atoms with Gasteiger partial charge in [-0.25, -0.2) is 0 Å². The zero-order valence-corrected chi connectivity index (χ0v) is 71.1. The highest BCUT2D eigenvalue weighted by molar-refractivity contribution is 7.80. The number of aromatic hydroxyl groups is 1. The van der Waals surface area contributed by atoms with E-state index >= 15 is 9.59 Å². The lowest BCUT2D eigenvalue weighted by molar-refractivity contribution is -0.137. The lowest BCUT2D eigenvalue weighted by Crippen LogP contribution is -2.62. The number of para-hydroxylation sites is 2. The van der Waals surface area contributed by atoms with Gasteiger partial charge in [-0.05, 0) is 98.0 Å². The maximum Gasteiger partial charge on any atom is 0.245 e. The molecule has 0 aliphatic rings. The van der Waals surface area contributed by atoms with Crippen LogP contribution < -0.4 is 103 Å². The highest BCUT2D eigenvalue weighted by Gasteiger charge is 2.39. The van der Waals surface area contributed by atoms with Gasteiger partial charge in [0.05, 0.1) is 19.1 Å². The number of aromatic nitrogens is 2. The topological polar surface area (TPSA) is 678 Å². The standard InChI is InChI=1S/C82H111N21O20S2/c1-42(2)69(81(122)99-57(32-45-14-6-5-7-15-45)72(113)91-39-68(111)88-31-29-67(110)93-54(71(87)112)20-12-13-30-83)102-78(119)61(36-66(86)109)98-77(118)59(34-47-37-89-52-18-10-8-16-50(47)52)97-75(116)58(33-46-21-23-49(106)24-22-46)96-80(121)63(41-125)101-73(114)55(25-27-64(84)107)94-76(117)60(35-48-38-90-53-19-11-9-17-51(48)53)100-82(123)70(43(3)104)103-74(115)56(26-28-65(85)108)95-79(120)62(40-124)92-44(4)105/h5-11,14-19,21-24,37-38,42-43,54-63,69-70,89-90,104,106,124-125H,12-13,20,25-36,39-41,83H2,1-4H3,(H2,84,107)(H2,85,108)(H2,86,109)(H2,87,112)(H,88,111)(H,91,113)(H,92,105)(H,93,110)(H,94,117)(H,95,120)(H,96,121)(H,97,116)(H,98,118)(H,99,122)(H,100,123)(H,101,114)(H,102,119)(H,103,115)/t43-,54-,55+,56+,57+,58+,59+,60+,61-,62+,63+,69+,70+/m1/s1. The van der Waals surface area contributed by atoms with Crippen molar-refractivity contribution in [2.75, 3.05) is 31.1 Å². The zero-order valence-electron chi connectivity index (χ0n) is 69.3. The Bertz CT molecular complexity index is 4800. The van der Waals surface area contributed by atoms with Crippen LogP contribution in [0.2, 0.25) is 0 Å². The molecular formula is C82H111N21O20S2. The van der Waals surface area contributed by atoms with Crippen LogP contribution >= 0.6 is 25.3 Å². The van der Waals surface area contributed by atoms with E-state index in [0.717, 1.165) is 13.8 Å². The number of amides is 18. The van der Waals surface area contributed by atoms with E-state index < -0.39 is 242 Å². The zero-order chi connectivity index (χ0) is 92.1. The summed E-state index contributed by atoms with van der Waals surface area (Å²) in [5.74, 6) is -19.2. The molecule has 0 saturated carbocycles. The van der Waals surface area contributed by atoms with Crippen molar-refractivity contribution < 1.29 is 96.5 Å². The summed E-state index contributed by atoms with van der Waals surface area (Å²) in [5, 5.41) is 57.5. The van der Waals surface area contributed by atoms with Gasteiger partial charge in [0.25, 0.3) is 0 Å². The number of thiol groups is 2. The lowest BCUT2D eigenvalue weighted by Gasteiger charge is -2.29. The molecule has 41 nitrogen and oxygen atoms in total. The Kier molecular flexibility index (Phi) is 40.6. The summed E-state index contributed by atoms with van der Waals surface area (Å²) >= 11 is 8.46. The molecule has 13 atom stereocenters. The van der Waals surface area contributed by atoms with Gasteiger partial charge in [-0.15, -0.1) is 0 Å². The highest BCUT2D eigenvalue weighted by Crippen LogP contribution is 2.23. The maximum atomic E-state index is 15.2. The van der Waals surface area contributed by atoms with Gasteiger partial charge in [0.2, 0.25) is 106 Å². The maximum absolute atomic E-state index is 15.2. The number of phenols is 1. The van der Waals surface area contributed by atoms with E-state index in [4.69, 9.17) is 28.7 Å². The molecule has 2 heterocycles. The van der Waals surface area contributed by atoms with Crippen molar-refractivity contribution in [3.63, 3.8) is 0 Å². The van der Waals surface area contributed by atoms with Crippen LogP contribution in [0.25, 0.3) is 21.8 Å². The lowest BCUT2D eigenvalue weighted by atomic mass is 9.99. The molecule has 43 heteroatoms. The van der Waals surface area contributed by atoms with Crippen molar-refractivity contribution in [3.8, 4) is 5.75 Å². The first-order valence-corrected chi connectivity index (χ1v) is 41.5. The number of carbonyl (C=O) groups excluding carboxylic acids is 18. The molecule has 0 unspecified atom stereocenters. The molecule has 6 rings (SSSR count). The second kappa shape index (κ2) is 50.4. The smallest absolute Gasteiger partial charge is 0.245 e. The number of aliphatic hydroxyl groups is 1. The van der Waals surface area contributed by atoms with Gasteiger partial charge >= 0.3 is 0 Å². The largest absolute Gasteiger partial charge is 0.508 e. The van der Waals surface area contributed by atoms with Gasteiger partial charge in [-0.1, -0.05) is 92.7 Å². The third-order valence-corrected chi connectivity index (χ3v) is 20.5.